The quantitative estimate of drug-likeness (QED) is 0.442. The number of nitrogens with zero attached hydrogens (tertiary/aromatic N) is 1. The van der Waals surface area contributed by atoms with E-state index in [0.29, 0.717) is 5.69 Å². The molecule has 0 unspecified atom stereocenters. The van der Waals surface area contributed by atoms with Crippen molar-refractivity contribution in [1.29, 1.82) is 0 Å². The molecule has 3 aromatic rings. The lowest BCUT2D eigenvalue weighted by Gasteiger charge is -2.15. The van der Waals surface area contributed by atoms with Gasteiger partial charge in [0.05, 0.1) is 15.9 Å². The van der Waals surface area contributed by atoms with Crippen molar-refractivity contribution in [3.05, 3.63) is 81.0 Å². The number of hydrogen-bond acceptors (Lipinski definition) is 6. The Morgan fingerprint density at radius 3 is 2.44 bits per heavy atom. The number of anilines is 2. The Labute approximate surface area is 160 Å². The minimum atomic E-state index is -3.94. The molecule has 9 heteroatoms. The molecule has 0 aliphatic heterocycles. The first-order chi connectivity index (χ1) is 12.9. The van der Waals surface area contributed by atoms with E-state index in [1.54, 1.807) is 30.3 Å². The highest BCUT2D eigenvalue weighted by molar-refractivity contribution is 7.92. The van der Waals surface area contributed by atoms with Gasteiger partial charge < -0.3 is 5.32 Å². The second-order valence-corrected chi connectivity index (χ2v) is 8.45. The standard InChI is InChI=1S/C18H17N3O4S2/c1-13(18-8-5-11-26-18)19-16-10-9-15(12-17(16)21(22)23)27(24,25)20-14-6-3-2-4-7-14/h2-13,19-20H,1H3/t13-/m0/s1. The molecule has 0 aliphatic rings. The van der Waals surface area contributed by atoms with Crippen LogP contribution in [-0.4, -0.2) is 13.3 Å². The Kier molecular flexibility index (Phi) is 5.43. The van der Waals surface area contributed by atoms with E-state index in [0.717, 1.165) is 10.9 Å². The van der Waals surface area contributed by atoms with Crippen LogP contribution >= 0.6 is 11.3 Å². The number of hydrogen-bond donors (Lipinski definition) is 2. The minimum Gasteiger partial charge on any atom is -0.372 e. The molecule has 27 heavy (non-hydrogen) atoms. The maximum Gasteiger partial charge on any atom is 0.293 e. The summed E-state index contributed by atoms with van der Waals surface area (Å²) < 4.78 is 27.5. The first-order valence-electron chi connectivity index (χ1n) is 8.03. The summed E-state index contributed by atoms with van der Waals surface area (Å²) >= 11 is 1.53. The third kappa shape index (κ3) is 4.44. The van der Waals surface area contributed by atoms with Crippen molar-refractivity contribution in [2.24, 2.45) is 0 Å². The normalized spacial score (nSPS) is 12.3. The van der Waals surface area contributed by atoms with Gasteiger partial charge in [0.2, 0.25) is 0 Å². The fourth-order valence-electron chi connectivity index (χ4n) is 2.51. The van der Waals surface area contributed by atoms with Crippen LogP contribution in [0.5, 0.6) is 0 Å². The molecule has 1 atom stereocenters. The van der Waals surface area contributed by atoms with Gasteiger partial charge in [-0.25, -0.2) is 8.42 Å². The highest BCUT2D eigenvalue weighted by Crippen LogP contribution is 2.32. The highest BCUT2D eigenvalue weighted by Gasteiger charge is 2.22. The largest absolute Gasteiger partial charge is 0.372 e. The highest BCUT2D eigenvalue weighted by atomic mass is 32.2. The molecule has 3 rings (SSSR count). The summed E-state index contributed by atoms with van der Waals surface area (Å²) in [5.41, 5.74) is 0.350. The number of para-hydroxylation sites is 1. The predicted octanol–water partition coefficient (Wildman–Crippen LogP) is 4.63. The Morgan fingerprint density at radius 1 is 1.07 bits per heavy atom. The van der Waals surface area contributed by atoms with Crippen molar-refractivity contribution < 1.29 is 13.3 Å². The molecule has 1 aromatic heterocycles. The summed E-state index contributed by atoms with van der Waals surface area (Å²) in [5.74, 6) is 0. The van der Waals surface area contributed by atoms with Crippen LogP contribution in [0, 0.1) is 10.1 Å². The van der Waals surface area contributed by atoms with Gasteiger partial charge in [0, 0.05) is 16.6 Å². The summed E-state index contributed by atoms with van der Waals surface area (Å²) in [5, 5.41) is 16.5. The van der Waals surface area contributed by atoms with E-state index >= 15 is 0 Å². The first-order valence-corrected chi connectivity index (χ1v) is 10.4. The van der Waals surface area contributed by atoms with E-state index in [2.05, 4.69) is 10.0 Å². The van der Waals surface area contributed by atoms with Crippen LogP contribution < -0.4 is 10.0 Å². The summed E-state index contributed by atoms with van der Waals surface area (Å²) in [6, 6.07) is 15.9. The van der Waals surface area contributed by atoms with Crippen LogP contribution in [0.1, 0.15) is 17.8 Å². The molecule has 2 N–H and O–H groups in total. The van der Waals surface area contributed by atoms with Crippen molar-refractivity contribution in [2.45, 2.75) is 17.9 Å². The Morgan fingerprint density at radius 2 is 1.81 bits per heavy atom. The van der Waals surface area contributed by atoms with Gasteiger partial charge in [-0.1, -0.05) is 24.3 Å². The summed E-state index contributed by atoms with van der Waals surface area (Å²) in [4.78, 5) is 11.7. The zero-order valence-corrected chi connectivity index (χ0v) is 16.0. The maximum absolute atomic E-state index is 12.5. The topological polar surface area (TPSA) is 101 Å². The maximum atomic E-state index is 12.5. The van der Waals surface area contributed by atoms with Crippen LogP contribution in [0.4, 0.5) is 17.1 Å². The van der Waals surface area contributed by atoms with Gasteiger partial charge in [0.1, 0.15) is 5.69 Å². The molecule has 0 bridgehead atoms. The number of benzene rings is 2. The van der Waals surface area contributed by atoms with Gasteiger partial charge in [-0.2, -0.15) is 0 Å². The van der Waals surface area contributed by atoms with Crippen molar-refractivity contribution in [1.82, 2.24) is 0 Å². The predicted molar refractivity (Wildman–Crippen MR) is 107 cm³/mol. The monoisotopic (exact) mass is 403 g/mol. The number of nitro benzene ring substituents is 1. The number of rotatable bonds is 7. The van der Waals surface area contributed by atoms with Crippen LogP contribution in [-0.2, 0) is 10.0 Å². The van der Waals surface area contributed by atoms with Crippen molar-refractivity contribution in [3.63, 3.8) is 0 Å². The Bertz CT molecular complexity index is 1040. The molecule has 0 amide bonds. The molecule has 1 heterocycles. The fourth-order valence-corrected chi connectivity index (χ4v) is 4.33. The van der Waals surface area contributed by atoms with Crippen LogP contribution in [0.15, 0.2) is 70.9 Å². The smallest absolute Gasteiger partial charge is 0.293 e. The Hall–Kier alpha value is -2.91. The zero-order chi connectivity index (χ0) is 19.4. The average molecular weight is 403 g/mol. The number of nitrogens with one attached hydrogen (secondary N) is 2. The fraction of sp³-hybridized carbons (Fsp3) is 0.111. The molecule has 0 fully saturated rings. The summed E-state index contributed by atoms with van der Waals surface area (Å²) in [7, 11) is -3.94. The second kappa shape index (κ2) is 7.77. The number of thiophene rings is 1. The lowest BCUT2D eigenvalue weighted by molar-refractivity contribution is -0.384. The molecule has 0 spiro atoms. The van der Waals surface area contributed by atoms with E-state index in [-0.39, 0.29) is 22.3 Å². The van der Waals surface area contributed by atoms with Gasteiger partial charge >= 0.3 is 0 Å². The van der Waals surface area contributed by atoms with E-state index in [1.165, 1.54) is 23.5 Å². The van der Waals surface area contributed by atoms with E-state index in [9.17, 15) is 18.5 Å². The SMILES string of the molecule is C[C@H](Nc1ccc(S(=O)(=O)Nc2ccccc2)cc1[N+](=O)[O-])c1cccs1. The molecule has 0 radical (unpaired) electrons. The van der Waals surface area contributed by atoms with Crippen molar-refractivity contribution in [3.8, 4) is 0 Å². The van der Waals surface area contributed by atoms with Gasteiger partial charge in [-0.05, 0) is 42.6 Å². The third-order valence-electron chi connectivity index (χ3n) is 3.84. The van der Waals surface area contributed by atoms with Crippen LogP contribution in [0.2, 0.25) is 0 Å². The van der Waals surface area contributed by atoms with Crippen LogP contribution in [0.25, 0.3) is 0 Å². The van der Waals surface area contributed by atoms with Crippen molar-refractivity contribution >= 4 is 38.4 Å². The molecule has 0 aliphatic carbocycles. The molecule has 0 saturated carbocycles. The Balaban J connectivity index is 1.90. The second-order valence-electron chi connectivity index (χ2n) is 5.79. The lowest BCUT2D eigenvalue weighted by atomic mass is 10.2. The van der Waals surface area contributed by atoms with E-state index in [1.807, 2.05) is 24.4 Å². The lowest BCUT2D eigenvalue weighted by Crippen LogP contribution is -2.14. The number of sulfonamides is 1. The first kappa shape index (κ1) is 18.9. The summed E-state index contributed by atoms with van der Waals surface area (Å²) in [6.45, 7) is 1.89. The van der Waals surface area contributed by atoms with Gasteiger partial charge in [-0.3, -0.25) is 14.8 Å². The molecule has 2 aromatic carbocycles. The van der Waals surface area contributed by atoms with E-state index in [4.69, 9.17) is 0 Å². The molecule has 0 saturated heterocycles. The summed E-state index contributed by atoms with van der Waals surface area (Å²) in [6.07, 6.45) is 0. The molecular weight excluding hydrogens is 386 g/mol. The zero-order valence-electron chi connectivity index (χ0n) is 14.3. The van der Waals surface area contributed by atoms with E-state index < -0.39 is 14.9 Å². The minimum absolute atomic E-state index is 0.145. The van der Waals surface area contributed by atoms with Crippen molar-refractivity contribution in [2.75, 3.05) is 10.0 Å². The molecule has 7 nitrogen and oxygen atoms in total. The van der Waals surface area contributed by atoms with Gasteiger partial charge in [-0.15, -0.1) is 11.3 Å². The molecule has 140 valence electrons. The van der Waals surface area contributed by atoms with Gasteiger partial charge in [0.15, 0.2) is 0 Å². The van der Waals surface area contributed by atoms with Crippen LogP contribution in [0.3, 0.4) is 0 Å². The molecular formula is C18H17N3O4S2. The third-order valence-corrected chi connectivity index (χ3v) is 6.28. The number of nitro groups is 1. The van der Waals surface area contributed by atoms with Gasteiger partial charge in [0.25, 0.3) is 15.7 Å². The average Bonchev–Trinajstić information content (AvgIpc) is 3.17.